The molecule has 30 heavy (non-hydrogen) atoms. The first kappa shape index (κ1) is 22.5. The summed E-state index contributed by atoms with van der Waals surface area (Å²) in [4.78, 5) is 29.1. The van der Waals surface area contributed by atoms with Crippen LogP contribution in [0.5, 0.6) is 0 Å². The Balaban J connectivity index is 1.63. The molecule has 0 bridgehead atoms. The molecule has 0 saturated carbocycles. The van der Waals surface area contributed by atoms with Crippen molar-refractivity contribution in [3.63, 3.8) is 0 Å². The number of amides is 2. The van der Waals surface area contributed by atoms with Gasteiger partial charge in [0.25, 0.3) is 0 Å². The summed E-state index contributed by atoms with van der Waals surface area (Å²) in [5, 5.41) is 2.75. The van der Waals surface area contributed by atoms with Crippen molar-refractivity contribution < 1.29 is 18.0 Å². The molecule has 0 spiro atoms. The second-order valence-electron chi connectivity index (χ2n) is 7.63. The van der Waals surface area contributed by atoms with Gasteiger partial charge in [-0.3, -0.25) is 14.5 Å². The average Bonchev–Trinajstić information content (AvgIpc) is 2.78. The third kappa shape index (κ3) is 5.27. The van der Waals surface area contributed by atoms with Crippen LogP contribution in [0.4, 0.5) is 0 Å². The second kappa shape index (κ2) is 10.2. The minimum absolute atomic E-state index is 0.0675. The summed E-state index contributed by atoms with van der Waals surface area (Å²) >= 11 is 0. The molecule has 2 saturated heterocycles. The van der Waals surface area contributed by atoms with Crippen LogP contribution in [0.2, 0.25) is 0 Å². The van der Waals surface area contributed by atoms with Gasteiger partial charge in [-0.2, -0.15) is 4.31 Å². The Morgan fingerprint density at radius 2 is 1.77 bits per heavy atom. The Labute approximate surface area is 178 Å². The van der Waals surface area contributed by atoms with Crippen molar-refractivity contribution in [2.45, 2.75) is 30.2 Å². The van der Waals surface area contributed by atoms with Gasteiger partial charge in [-0.15, -0.1) is 6.58 Å². The maximum atomic E-state index is 13.2. The number of carbonyl (C=O) groups is 2. The number of hydrogen-bond donors (Lipinski definition) is 1. The minimum Gasteiger partial charge on any atom is -0.352 e. The third-order valence-electron chi connectivity index (χ3n) is 5.58. The highest BCUT2D eigenvalue weighted by Crippen LogP contribution is 2.26. The molecule has 0 aliphatic carbocycles. The van der Waals surface area contributed by atoms with E-state index in [9.17, 15) is 18.0 Å². The molecule has 1 unspecified atom stereocenters. The highest BCUT2D eigenvalue weighted by Gasteiger charge is 2.40. The molecular formula is C21H30N4O4S. The SMILES string of the molecule is C=CCNC(=O)CN1CCN(C(=O)C2CCCCN2S(=O)(=O)c2ccccc2)CC1. The van der Waals surface area contributed by atoms with E-state index in [1.165, 1.54) is 4.31 Å². The Hall–Kier alpha value is -2.23. The quantitative estimate of drug-likeness (QED) is 0.638. The van der Waals surface area contributed by atoms with Gasteiger partial charge in [-0.25, -0.2) is 8.42 Å². The van der Waals surface area contributed by atoms with Gasteiger partial charge < -0.3 is 10.2 Å². The molecule has 0 radical (unpaired) electrons. The second-order valence-corrected chi connectivity index (χ2v) is 9.53. The lowest BCUT2D eigenvalue weighted by atomic mass is 10.0. The zero-order chi connectivity index (χ0) is 21.6. The van der Waals surface area contributed by atoms with E-state index in [0.717, 1.165) is 12.8 Å². The van der Waals surface area contributed by atoms with E-state index in [2.05, 4.69) is 11.9 Å². The van der Waals surface area contributed by atoms with Crippen LogP contribution in [0, 0.1) is 0 Å². The third-order valence-corrected chi connectivity index (χ3v) is 7.51. The number of nitrogens with one attached hydrogen (secondary N) is 1. The van der Waals surface area contributed by atoms with Crippen LogP contribution < -0.4 is 5.32 Å². The van der Waals surface area contributed by atoms with E-state index in [0.29, 0.717) is 45.7 Å². The van der Waals surface area contributed by atoms with Gasteiger partial charge in [0.1, 0.15) is 6.04 Å². The summed E-state index contributed by atoms with van der Waals surface area (Å²) in [7, 11) is -3.72. The van der Waals surface area contributed by atoms with E-state index in [1.807, 2.05) is 4.90 Å². The van der Waals surface area contributed by atoms with E-state index >= 15 is 0 Å². The van der Waals surface area contributed by atoms with Crippen LogP contribution in [-0.4, -0.2) is 86.2 Å². The number of piperazine rings is 1. The molecule has 8 nitrogen and oxygen atoms in total. The zero-order valence-corrected chi connectivity index (χ0v) is 18.0. The van der Waals surface area contributed by atoms with Crippen molar-refractivity contribution in [2.75, 3.05) is 45.8 Å². The molecule has 164 valence electrons. The molecule has 2 aliphatic heterocycles. The Bertz CT molecular complexity index is 851. The van der Waals surface area contributed by atoms with E-state index < -0.39 is 16.1 Å². The number of sulfonamides is 1. The van der Waals surface area contributed by atoms with Gasteiger partial charge in [0.2, 0.25) is 21.8 Å². The highest BCUT2D eigenvalue weighted by molar-refractivity contribution is 7.89. The van der Waals surface area contributed by atoms with Gasteiger partial charge in [-0.1, -0.05) is 30.7 Å². The van der Waals surface area contributed by atoms with Crippen molar-refractivity contribution in [3.8, 4) is 0 Å². The van der Waals surface area contributed by atoms with Gasteiger partial charge in [0, 0.05) is 39.3 Å². The fourth-order valence-electron chi connectivity index (χ4n) is 3.95. The van der Waals surface area contributed by atoms with Crippen LogP contribution in [0.3, 0.4) is 0 Å². The minimum atomic E-state index is -3.72. The van der Waals surface area contributed by atoms with Gasteiger partial charge >= 0.3 is 0 Å². The summed E-state index contributed by atoms with van der Waals surface area (Å²) in [6.07, 6.45) is 3.76. The summed E-state index contributed by atoms with van der Waals surface area (Å²) in [6, 6.07) is 7.64. The maximum Gasteiger partial charge on any atom is 0.243 e. The van der Waals surface area contributed by atoms with E-state index in [-0.39, 0.29) is 23.3 Å². The molecule has 2 fully saturated rings. The molecule has 2 amide bonds. The molecule has 1 atom stereocenters. The number of carbonyl (C=O) groups excluding carboxylic acids is 2. The smallest absolute Gasteiger partial charge is 0.243 e. The Morgan fingerprint density at radius 3 is 2.43 bits per heavy atom. The molecular weight excluding hydrogens is 404 g/mol. The van der Waals surface area contributed by atoms with Crippen LogP contribution in [-0.2, 0) is 19.6 Å². The highest BCUT2D eigenvalue weighted by atomic mass is 32.2. The average molecular weight is 435 g/mol. The normalized spacial score (nSPS) is 21.2. The van der Waals surface area contributed by atoms with E-state index in [4.69, 9.17) is 0 Å². The predicted molar refractivity (Wildman–Crippen MR) is 114 cm³/mol. The number of rotatable bonds is 7. The molecule has 9 heteroatoms. The first-order chi connectivity index (χ1) is 14.4. The van der Waals surface area contributed by atoms with Crippen LogP contribution in [0.1, 0.15) is 19.3 Å². The van der Waals surface area contributed by atoms with Crippen LogP contribution >= 0.6 is 0 Å². The van der Waals surface area contributed by atoms with E-state index in [1.54, 1.807) is 41.3 Å². The number of hydrogen-bond acceptors (Lipinski definition) is 5. The van der Waals surface area contributed by atoms with Crippen molar-refractivity contribution >= 4 is 21.8 Å². The molecule has 1 N–H and O–H groups in total. The number of nitrogens with zero attached hydrogens (tertiary/aromatic N) is 3. The standard InChI is InChI=1S/C21H30N4O4S/c1-2-11-22-20(26)17-23-13-15-24(16-14-23)21(27)19-10-6-7-12-25(19)30(28,29)18-8-4-3-5-9-18/h2-5,8-9,19H,1,6-7,10-17H2,(H,22,26). The number of piperidine rings is 1. The lowest BCUT2D eigenvalue weighted by molar-refractivity contribution is -0.138. The predicted octanol–water partition coefficient (Wildman–Crippen LogP) is 0.676. The maximum absolute atomic E-state index is 13.2. The van der Waals surface area contributed by atoms with Gasteiger partial charge in [0.05, 0.1) is 11.4 Å². The topological polar surface area (TPSA) is 90.0 Å². The monoisotopic (exact) mass is 434 g/mol. The largest absolute Gasteiger partial charge is 0.352 e. The molecule has 1 aromatic carbocycles. The van der Waals surface area contributed by atoms with Crippen molar-refractivity contribution in [3.05, 3.63) is 43.0 Å². The molecule has 1 aromatic rings. The summed E-state index contributed by atoms with van der Waals surface area (Å²) in [6.45, 7) is 6.81. The number of benzene rings is 1. The van der Waals surface area contributed by atoms with Crippen LogP contribution in [0.15, 0.2) is 47.9 Å². The van der Waals surface area contributed by atoms with Crippen molar-refractivity contribution in [1.82, 2.24) is 19.4 Å². The zero-order valence-electron chi connectivity index (χ0n) is 17.2. The van der Waals surface area contributed by atoms with Crippen molar-refractivity contribution in [2.24, 2.45) is 0 Å². The summed E-state index contributed by atoms with van der Waals surface area (Å²) < 4.78 is 27.7. The molecule has 2 heterocycles. The Kier molecular flexibility index (Phi) is 7.63. The molecule has 3 rings (SSSR count). The molecule has 0 aromatic heterocycles. The fraction of sp³-hybridized carbons (Fsp3) is 0.524. The molecule has 2 aliphatic rings. The first-order valence-electron chi connectivity index (χ1n) is 10.4. The van der Waals surface area contributed by atoms with Crippen LogP contribution in [0.25, 0.3) is 0 Å². The fourth-order valence-corrected chi connectivity index (χ4v) is 5.62. The lowest BCUT2D eigenvalue weighted by Crippen LogP contribution is -2.57. The van der Waals surface area contributed by atoms with Gasteiger partial charge in [-0.05, 0) is 25.0 Å². The summed E-state index contributed by atoms with van der Waals surface area (Å²) in [5.41, 5.74) is 0. The summed E-state index contributed by atoms with van der Waals surface area (Å²) in [5.74, 6) is -0.202. The Morgan fingerprint density at radius 1 is 1.07 bits per heavy atom. The lowest BCUT2D eigenvalue weighted by Gasteiger charge is -2.40. The first-order valence-corrected chi connectivity index (χ1v) is 11.8. The van der Waals surface area contributed by atoms with Crippen molar-refractivity contribution in [1.29, 1.82) is 0 Å². The van der Waals surface area contributed by atoms with Gasteiger partial charge in [0.15, 0.2) is 0 Å².